The van der Waals surface area contributed by atoms with Crippen molar-refractivity contribution in [1.82, 2.24) is 19.5 Å². The molecular weight excluding hydrogens is 376 g/mol. The average molecular weight is 398 g/mol. The highest BCUT2D eigenvalue weighted by Gasteiger charge is 2.23. The number of carbonyl (C=O) groups is 1. The summed E-state index contributed by atoms with van der Waals surface area (Å²) in [6, 6.07) is 12.2. The van der Waals surface area contributed by atoms with Crippen molar-refractivity contribution in [1.29, 1.82) is 0 Å². The third-order valence-corrected chi connectivity index (χ3v) is 5.62. The molecule has 1 N–H and O–H groups in total. The summed E-state index contributed by atoms with van der Waals surface area (Å²) in [5.41, 5.74) is 7.51. The molecule has 3 heterocycles. The number of aromatic amines is 1. The topological polar surface area (TPSA) is 72.8 Å². The molecule has 1 aliphatic rings. The molecule has 0 amide bonds. The molecule has 5 rings (SSSR count). The summed E-state index contributed by atoms with van der Waals surface area (Å²) >= 11 is 0. The van der Waals surface area contributed by atoms with Crippen molar-refractivity contribution < 1.29 is 9.53 Å². The monoisotopic (exact) mass is 398 g/mol. The number of methoxy groups -OCH3 is 1. The third-order valence-electron chi connectivity index (χ3n) is 5.62. The quantitative estimate of drug-likeness (QED) is 0.551. The fourth-order valence-corrected chi connectivity index (χ4v) is 4.08. The first-order chi connectivity index (χ1) is 14.5. The van der Waals surface area contributed by atoms with Gasteiger partial charge in [-0.25, -0.2) is 9.97 Å². The predicted octanol–water partition coefficient (Wildman–Crippen LogP) is 4.45. The number of rotatable bonds is 4. The van der Waals surface area contributed by atoms with E-state index in [2.05, 4.69) is 37.7 Å². The largest absolute Gasteiger partial charge is 0.497 e. The molecule has 30 heavy (non-hydrogen) atoms. The molecule has 3 aromatic heterocycles. The van der Waals surface area contributed by atoms with Crippen LogP contribution in [0.4, 0.5) is 0 Å². The number of benzene rings is 1. The molecule has 1 aliphatic carbocycles. The van der Waals surface area contributed by atoms with Gasteiger partial charge in [-0.15, -0.1) is 0 Å². The lowest BCUT2D eigenvalue weighted by Gasteiger charge is -2.14. The molecule has 0 atom stereocenters. The lowest BCUT2D eigenvalue weighted by atomic mass is 9.91. The molecule has 1 aromatic carbocycles. The third kappa shape index (κ3) is 3.01. The molecule has 0 fully saturated rings. The summed E-state index contributed by atoms with van der Waals surface area (Å²) in [6.07, 6.45) is 4.24. The number of imidazole rings is 1. The predicted molar refractivity (Wildman–Crippen MR) is 116 cm³/mol. The van der Waals surface area contributed by atoms with Crippen molar-refractivity contribution in [2.45, 2.75) is 26.8 Å². The van der Waals surface area contributed by atoms with Crippen molar-refractivity contribution in [2.75, 3.05) is 7.11 Å². The van der Waals surface area contributed by atoms with Crippen LogP contribution in [0.5, 0.6) is 5.75 Å². The average Bonchev–Trinajstić information content (AvgIpc) is 3.29. The van der Waals surface area contributed by atoms with Crippen LogP contribution in [0.3, 0.4) is 0 Å². The van der Waals surface area contributed by atoms with Crippen LogP contribution in [-0.4, -0.2) is 32.4 Å². The van der Waals surface area contributed by atoms with Gasteiger partial charge in [0.25, 0.3) is 0 Å². The highest BCUT2D eigenvalue weighted by atomic mass is 16.5. The lowest BCUT2D eigenvalue weighted by Crippen LogP contribution is -2.08. The second kappa shape index (κ2) is 6.99. The van der Waals surface area contributed by atoms with Crippen molar-refractivity contribution in [2.24, 2.45) is 0 Å². The molecule has 0 radical (unpaired) electrons. The number of aromatic nitrogens is 4. The molecule has 0 aliphatic heterocycles. The summed E-state index contributed by atoms with van der Waals surface area (Å²) < 4.78 is 7.43. The van der Waals surface area contributed by atoms with Crippen LogP contribution in [-0.2, 0) is 6.54 Å². The van der Waals surface area contributed by atoms with E-state index in [-0.39, 0.29) is 5.78 Å². The van der Waals surface area contributed by atoms with Gasteiger partial charge in [-0.3, -0.25) is 4.79 Å². The van der Waals surface area contributed by atoms with Gasteiger partial charge >= 0.3 is 0 Å². The Labute approximate surface area is 174 Å². The number of allylic oxidation sites excluding steroid dienone is 1. The van der Waals surface area contributed by atoms with E-state index in [1.807, 2.05) is 44.3 Å². The SMILES string of the molecule is COc1ccc(Cn2c(C)nc3ncc(C4=CCC(=O)c5[nH]c(C)cc54)cc32)cc1. The smallest absolute Gasteiger partial charge is 0.183 e. The van der Waals surface area contributed by atoms with Gasteiger partial charge in [0.05, 0.1) is 18.3 Å². The number of nitrogens with one attached hydrogen (secondary N) is 1. The number of fused-ring (bicyclic) bond motifs is 2. The number of carbonyl (C=O) groups excluding carboxylic acids is 1. The maximum atomic E-state index is 12.3. The molecule has 0 unspecified atom stereocenters. The van der Waals surface area contributed by atoms with Gasteiger partial charge in [0.2, 0.25) is 0 Å². The number of aryl methyl sites for hydroxylation is 2. The van der Waals surface area contributed by atoms with E-state index in [4.69, 9.17) is 4.74 Å². The van der Waals surface area contributed by atoms with Crippen LogP contribution in [0.15, 0.2) is 48.7 Å². The van der Waals surface area contributed by atoms with Crippen molar-refractivity contribution in [3.05, 3.63) is 82.6 Å². The molecule has 0 spiro atoms. The minimum absolute atomic E-state index is 0.122. The number of hydrogen-bond acceptors (Lipinski definition) is 4. The standard InChI is InChI=1S/C24H22N4O2/c1-14-10-20-19(8-9-22(29)23(20)26-14)17-11-21-24(25-12-17)27-15(2)28(21)13-16-4-6-18(30-3)7-5-16/h4-8,10-12,26H,9,13H2,1-3H3. The Hall–Kier alpha value is -3.67. The van der Waals surface area contributed by atoms with Crippen LogP contribution in [0.25, 0.3) is 16.7 Å². The zero-order valence-electron chi connectivity index (χ0n) is 17.2. The first-order valence-corrected chi connectivity index (χ1v) is 9.93. The molecule has 150 valence electrons. The Morgan fingerprint density at radius 1 is 1.17 bits per heavy atom. The number of pyridine rings is 1. The summed E-state index contributed by atoms with van der Waals surface area (Å²) in [7, 11) is 1.67. The van der Waals surface area contributed by atoms with Crippen LogP contribution >= 0.6 is 0 Å². The lowest BCUT2D eigenvalue weighted by molar-refractivity contribution is 0.0990. The minimum Gasteiger partial charge on any atom is -0.497 e. The Kier molecular flexibility index (Phi) is 4.28. The number of H-pyrrole nitrogens is 1. The fourth-order valence-electron chi connectivity index (χ4n) is 4.08. The summed E-state index contributed by atoms with van der Waals surface area (Å²) in [5.74, 6) is 1.87. The van der Waals surface area contributed by atoms with E-state index < -0.39 is 0 Å². The maximum absolute atomic E-state index is 12.3. The minimum atomic E-state index is 0.122. The van der Waals surface area contributed by atoms with Gasteiger partial charge in [0, 0.05) is 36.0 Å². The maximum Gasteiger partial charge on any atom is 0.183 e. The van der Waals surface area contributed by atoms with E-state index in [0.717, 1.165) is 50.7 Å². The molecule has 6 heteroatoms. The molecule has 0 saturated heterocycles. The van der Waals surface area contributed by atoms with E-state index in [1.165, 1.54) is 0 Å². The first-order valence-electron chi connectivity index (χ1n) is 9.93. The number of Topliss-reactive ketones (excluding diaryl/α,β-unsaturated/α-hetero) is 1. The number of hydrogen-bond donors (Lipinski definition) is 1. The zero-order valence-corrected chi connectivity index (χ0v) is 17.2. The van der Waals surface area contributed by atoms with Gasteiger partial charge in [-0.1, -0.05) is 18.2 Å². The van der Waals surface area contributed by atoms with Crippen molar-refractivity contribution >= 4 is 22.5 Å². The van der Waals surface area contributed by atoms with Gasteiger partial charge < -0.3 is 14.3 Å². The summed E-state index contributed by atoms with van der Waals surface area (Å²) in [6.45, 7) is 4.67. The van der Waals surface area contributed by atoms with Crippen LogP contribution in [0.1, 0.15) is 45.1 Å². The van der Waals surface area contributed by atoms with Gasteiger partial charge in [-0.2, -0.15) is 0 Å². The number of ketones is 1. The van der Waals surface area contributed by atoms with Gasteiger partial charge in [0.1, 0.15) is 11.6 Å². The second-order valence-electron chi connectivity index (χ2n) is 7.65. The van der Waals surface area contributed by atoms with Gasteiger partial charge in [-0.05, 0) is 49.2 Å². The van der Waals surface area contributed by atoms with Gasteiger partial charge in [0.15, 0.2) is 11.4 Å². The van der Waals surface area contributed by atoms with Crippen LogP contribution in [0.2, 0.25) is 0 Å². The zero-order chi connectivity index (χ0) is 20.8. The number of nitrogens with zero attached hydrogens (tertiary/aromatic N) is 3. The highest BCUT2D eigenvalue weighted by Crippen LogP contribution is 2.33. The Balaban J connectivity index is 1.57. The first kappa shape index (κ1) is 18.4. The number of ether oxygens (including phenoxy) is 1. The van der Waals surface area contributed by atoms with E-state index in [0.29, 0.717) is 18.7 Å². The van der Waals surface area contributed by atoms with Crippen molar-refractivity contribution in [3.8, 4) is 5.75 Å². The Morgan fingerprint density at radius 2 is 1.97 bits per heavy atom. The normalized spacial score (nSPS) is 13.4. The second-order valence-corrected chi connectivity index (χ2v) is 7.65. The molecule has 6 nitrogen and oxygen atoms in total. The molecule has 0 saturated carbocycles. The molecule has 4 aromatic rings. The summed E-state index contributed by atoms with van der Waals surface area (Å²) in [4.78, 5) is 24.7. The van der Waals surface area contributed by atoms with E-state index >= 15 is 0 Å². The molecular formula is C24H22N4O2. The Morgan fingerprint density at radius 3 is 2.73 bits per heavy atom. The van der Waals surface area contributed by atoms with Crippen LogP contribution < -0.4 is 4.74 Å². The fraction of sp³-hybridized carbons (Fsp3) is 0.208. The molecule has 0 bridgehead atoms. The van der Waals surface area contributed by atoms with E-state index in [1.54, 1.807) is 7.11 Å². The van der Waals surface area contributed by atoms with E-state index in [9.17, 15) is 4.79 Å². The Bertz CT molecular complexity index is 1310. The van der Waals surface area contributed by atoms with Crippen LogP contribution in [0, 0.1) is 13.8 Å². The van der Waals surface area contributed by atoms with Crippen molar-refractivity contribution in [3.63, 3.8) is 0 Å². The summed E-state index contributed by atoms with van der Waals surface area (Å²) in [5, 5.41) is 0. The highest BCUT2D eigenvalue weighted by molar-refractivity contribution is 6.06.